The maximum atomic E-state index is 12.3. The number of thioether (sulfide) groups is 1. The molecule has 0 unspecified atom stereocenters. The number of fused-ring (bicyclic) bond motifs is 1. The Morgan fingerprint density at radius 1 is 1.32 bits per heavy atom. The second-order valence-electron chi connectivity index (χ2n) is 5.84. The molecule has 1 N–H and O–H groups in total. The van der Waals surface area contributed by atoms with Gasteiger partial charge in [-0.1, -0.05) is 18.2 Å². The fourth-order valence-electron chi connectivity index (χ4n) is 2.77. The maximum absolute atomic E-state index is 12.3. The lowest BCUT2D eigenvalue weighted by molar-refractivity contribution is -0.113. The average molecular weight is 377 g/mol. The number of carbonyl (C=O) groups is 2. The highest BCUT2D eigenvalue weighted by Gasteiger charge is 2.28. The number of likely N-dealkylation sites (N-methyl/N-ethyl adjacent to an activating group) is 1. The molecule has 1 aromatic heterocycles. The second-order valence-corrected chi connectivity index (χ2v) is 7.99. The number of hydrogen-bond donors (Lipinski definition) is 1. The van der Waals surface area contributed by atoms with Crippen molar-refractivity contribution < 1.29 is 14.3 Å². The number of rotatable bonds is 5. The molecule has 0 aliphatic carbocycles. The predicted octanol–water partition coefficient (Wildman–Crippen LogP) is 3.25. The molecule has 25 heavy (non-hydrogen) atoms. The SMILES string of the molecule is COC(=O)c1c(NC(=O)CSc2ccccc2)sc2c1CCN(C)C2. The topological polar surface area (TPSA) is 58.6 Å². The molecule has 0 spiro atoms. The summed E-state index contributed by atoms with van der Waals surface area (Å²) in [6.45, 7) is 1.68. The van der Waals surface area contributed by atoms with Gasteiger partial charge < -0.3 is 15.0 Å². The first-order valence-electron chi connectivity index (χ1n) is 7.97. The van der Waals surface area contributed by atoms with E-state index in [-0.39, 0.29) is 11.9 Å². The molecule has 132 valence electrons. The zero-order valence-corrected chi connectivity index (χ0v) is 15.8. The van der Waals surface area contributed by atoms with Crippen molar-refractivity contribution in [2.75, 3.05) is 31.8 Å². The van der Waals surface area contributed by atoms with Gasteiger partial charge in [0.1, 0.15) is 5.00 Å². The smallest absolute Gasteiger partial charge is 0.341 e. The van der Waals surface area contributed by atoms with Crippen LogP contribution in [0.25, 0.3) is 0 Å². The highest BCUT2D eigenvalue weighted by Crippen LogP contribution is 2.37. The molecule has 2 aromatic rings. The van der Waals surface area contributed by atoms with E-state index < -0.39 is 0 Å². The Hall–Kier alpha value is -1.83. The summed E-state index contributed by atoms with van der Waals surface area (Å²) in [6, 6.07) is 9.77. The molecular weight excluding hydrogens is 356 g/mol. The van der Waals surface area contributed by atoms with Gasteiger partial charge in [0.2, 0.25) is 5.91 Å². The van der Waals surface area contributed by atoms with Crippen LogP contribution in [0.5, 0.6) is 0 Å². The molecule has 0 radical (unpaired) electrons. The standard InChI is InChI=1S/C18H20N2O3S2/c1-20-9-8-13-14(10-20)25-17(16(13)18(22)23-2)19-15(21)11-24-12-6-4-3-5-7-12/h3-7H,8-11H2,1-2H3,(H,19,21). The van der Waals surface area contributed by atoms with E-state index in [1.165, 1.54) is 30.2 Å². The van der Waals surface area contributed by atoms with E-state index in [0.717, 1.165) is 34.8 Å². The lowest BCUT2D eigenvalue weighted by Crippen LogP contribution is -2.26. The first-order valence-corrected chi connectivity index (χ1v) is 9.77. The van der Waals surface area contributed by atoms with Crippen LogP contribution >= 0.6 is 23.1 Å². The summed E-state index contributed by atoms with van der Waals surface area (Å²) in [5, 5.41) is 3.51. The number of nitrogens with zero attached hydrogens (tertiary/aromatic N) is 1. The maximum Gasteiger partial charge on any atom is 0.341 e. The molecule has 5 nitrogen and oxygen atoms in total. The Bertz CT molecular complexity index is 774. The molecule has 0 saturated heterocycles. The molecule has 0 saturated carbocycles. The van der Waals surface area contributed by atoms with Crippen LogP contribution in [-0.2, 0) is 22.5 Å². The molecule has 1 aromatic carbocycles. The predicted molar refractivity (Wildman–Crippen MR) is 101 cm³/mol. The van der Waals surface area contributed by atoms with Crippen LogP contribution < -0.4 is 5.32 Å². The number of hydrogen-bond acceptors (Lipinski definition) is 6. The van der Waals surface area contributed by atoms with Crippen molar-refractivity contribution >= 4 is 40.0 Å². The second kappa shape index (κ2) is 8.03. The molecule has 7 heteroatoms. The van der Waals surface area contributed by atoms with Gasteiger partial charge in [-0.05, 0) is 31.2 Å². The lowest BCUT2D eigenvalue weighted by Gasteiger charge is -2.22. The summed E-state index contributed by atoms with van der Waals surface area (Å²) in [7, 11) is 3.42. The van der Waals surface area contributed by atoms with E-state index in [1.54, 1.807) is 0 Å². The van der Waals surface area contributed by atoms with Crippen molar-refractivity contribution in [1.82, 2.24) is 4.90 Å². The van der Waals surface area contributed by atoms with Gasteiger partial charge in [-0.25, -0.2) is 4.79 Å². The number of ether oxygens (including phenoxy) is 1. The third-order valence-corrected chi connectivity index (χ3v) is 6.15. The largest absolute Gasteiger partial charge is 0.465 e. The molecule has 3 rings (SSSR count). The number of amides is 1. The van der Waals surface area contributed by atoms with Gasteiger partial charge in [0.15, 0.2) is 0 Å². The third kappa shape index (κ3) is 4.23. The molecule has 0 bridgehead atoms. The number of esters is 1. The van der Waals surface area contributed by atoms with E-state index in [9.17, 15) is 9.59 Å². The van der Waals surface area contributed by atoms with Crippen molar-refractivity contribution in [1.29, 1.82) is 0 Å². The van der Waals surface area contributed by atoms with Crippen molar-refractivity contribution in [3.8, 4) is 0 Å². The Morgan fingerprint density at radius 2 is 2.08 bits per heavy atom. The summed E-state index contributed by atoms with van der Waals surface area (Å²) >= 11 is 2.95. The third-order valence-electron chi connectivity index (χ3n) is 4.00. The van der Waals surface area contributed by atoms with Crippen molar-refractivity contribution in [2.24, 2.45) is 0 Å². The van der Waals surface area contributed by atoms with Gasteiger partial charge in [0.25, 0.3) is 0 Å². The molecule has 1 amide bonds. The van der Waals surface area contributed by atoms with Crippen LogP contribution in [0, 0.1) is 0 Å². The van der Waals surface area contributed by atoms with Gasteiger partial charge in [0, 0.05) is 22.9 Å². The number of benzene rings is 1. The highest BCUT2D eigenvalue weighted by atomic mass is 32.2. The van der Waals surface area contributed by atoms with E-state index in [0.29, 0.717) is 16.3 Å². The molecule has 1 aliphatic rings. The highest BCUT2D eigenvalue weighted by molar-refractivity contribution is 8.00. The van der Waals surface area contributed by atoms with Gasteiger partial charge in [-0.2, -0.15) is 0 Å². The Balaban J connectivity index is 1.75. The minimum atomic E-state index is -0.381. The monoisotopic (exact) mass is 376 g/mol. The number of anilines is 1. The summed E-state index contributed by atoms with van der Waals surface area (Å²) in [4.78, 5) is 28.9. The van der Waals surface area contributed by atoms with Crippen LogP contribution in [0.2, 0.25) is 0 Å². The molecule has 0 atom stereocenters. The van der Waals surface area contributed by atoms with Gasteiger partial charge in [-0.15, -0.1) is 23.1 Å². The van der Waals surface area contributed by atoms with E-state index >= 15 is 0 Å². The fraction of sp³-hybridized carbons (Fsp3) is 0.333. The molecule has 0 fully saturated rings. The van der Waals surface area contributed by atoms with Crippen LogP contribution in [0.4, 0.5) is 5.00 Å². The van der Waals surface area contributed by atoms with Crippen LogP contribution in [0.15, 0.2) is 35.2 Å². The molecular formula is C18H20N2O3S2. The zero-order chi connectivity index (χ0) is 17.8. The van der Waals surface area contributed by atoms with Crippen molar-refractivity contribution in [3.05, 3.63) is 46.3 Å². The number of nitrogens with one attached hydrogen (secondary N) is 1. The first-order chi connectivity index (χ1) is 12.1. The van der Waals surface area contributed by atoms with E-state index in [2.05, 4.69) is 17.3 Å². The number of methoxy groups -OCH3 is 1. The van der Waals surface area contributed by atoms with Crippen LogP contribution in [-0.4, -0.2) is 43.2 Å². The Morgan fingerprint density at radius 3 is 2.80 bits per heavy atom. The summed E-state index contributed by atoms with van der Waals surface area (Å²) in [5.74, 6) is -0.202. The Labute approximate surface area is 155 Å². The van der Waals surface area contributed by atoms with Crippen molar-refractivity contribution in [2.45, 2.75) is 17.9 Å². The quantitative estimate of drug-likeness (QED) is 0.641. The number of carbonyl (C=O) groups excluding carboxylic acids is 2. The zero-order valence-electron chi connectivity index (χ0n) is 14.2. The summed E-state index contributed by atoms with van der Waals surface area (Å²) in [6.07, 6.45) is 0.793. The lowest BCUT2D eigenvalue weighted by atomic mass is 10.0. The van der Waals surface area contributed by atoms with E-state index in [4.69, 9.17) is 4.74 Å². The van der Waals surface area contributed by atoms with Gasteiger partial charge in [0.05, 0.1) is 18.4 Å². The molecule has 1 aliphatic heterocycles. The van der Waals surface area contributed by atoms with Crippen molar-refractivity contribution in [3.63, 3.8) is 0 Å². The Kier molecular flexibility index (Phi) is 5.78. The van der Waals surface area contributed by atoms with Gasteiger partial charge in [-0.3, -0.25) is 4.79 Å². The number of thiophene rings is 1. The average Bonchev–Trinajstić information content (AvgIpc) is 2.97. The fourth-order valence-corrected chi connectivity index (χ4v) is 4.82. The summed E-state index contributed by atoms with van der Waals surface area (Å²) < 4.78 is 4.94. The van der Waals surface area contributed by atoms with E-state index in [1.807, 2.05) is 30.3 Å². The first kappa shape index (κ1) is 18.0. The minimum absolute atomic E-state index is 0.119. The van der Waals surface area contributed by atoms with Crippen LogP contribution in [0.3, 0.4) is 0 Å². The molecule has 2 heterocycles. The normalized spacial score (nSPS) is 14.0. The van der Waals surface area contributed by atoms with Crippen LogP contribution in [0.1, 0.15) is 20.8 Å². The van der Waals surface area contributed by atoms with Gasteiger partial charge >= 0.3 is 5.97 Å². The summed E-state index contributed by atoms with van der Waals surface area (Å²) in [5.41, 5.74) is 1.54. The minimum Gasteiger partial charge on any atom is -0.465 e.